The highest BCUT2D eigenvalue weighted by molar-refractivity contribution is 7.99. The van der Waals surface area contributed by atoms with Crippen molar-refractivity contribution in [2.75, 3.05) is 5.75 Å². The number of aromatic amines is 1. The standard InChI is InChI=1S/C11H12N4O3S/c1-7(8-4-2-3-5-12-8)15-10(18)13-14-11(15)19-6-9(16)17/h2-5,7H,6H2,1H3,(H,13,18)(H,16,17). The topological polar surface area (TPSA) is 101 Å². The van der Waals surface area contributed by atoms with Crippen molar-refractivity contribution in [1.29, 1.82) is 0 Å². The predicted octanol–water partition coefficient (Wildman–Crippen LogP) is 0.752. The number of hydrogen-bond acceptors (Lipinski definition) is 5. The van der Waals surface area contributed by atoms with E-state index in [0.29, 0.717) is 10.9 Å². The predicted molar refractivity (Wildman–Crippen MR) is 69.3 cm³/mol. The third kappa shape index (κ3) is 3.02. The Morgan fingerprint density at radius 2 is 2.37 bits per heavy atom. The number of hydrogen-bond donors (Lipinski definition) is 2. The fourth-order valence-corrected chi connectivity index (χ4v) is 2.36. The van der Waals surface area contributed by atoms with E-state index >= 15 is 0 Å². The van der Waals surface area contributed by atoms with Gasteiger partial charge >= 0.3 is 11.7 Å². The van der Waals surface area contributed by atoms with Gasteiger partial charge in [-0.25, -0.2) is 9.89 Å². The maximum atomic E-state index is 11.8. The molecule has 0 radical (unpaired) electrons. The summed E-state index contributed by atoms with van der Waals surface area (Å²) in [6.45, 7) is 1.81. The van der Waals surface area contributed by atoms with E-state index in [0.717, 1.165) is 11.8 Å². The molecule has 2 aromatic rings. The van der Waals surface area contributed by atoms with Crippen LogP contribution in [0.2, 0.25) is 0 Å². The van der Waals surface area contributed by atoms with Gasteiger partial charge < -0.3 is 5.11 Å². The fourth-order valence-electron chi connectivity index (χ4n) is 1.62. The van der Waals surface area contributed by atoms with Crippen LogP contribution >= 0.6 is 11.8 Å². The van der Waals surface area contributed by atoms with Gasteiger partial charge in [0.25, 0.3) is 0 Å². The molecule has 100 valence electrons. The van der Waals surface area contributed by atoms with Crippen LogP contribution < -0.4 is 5.69 Å². The number of nitrogens with one attached hydrogen (secondary N) is 1. The van der Waals surface area contributed by atoms with Crippen molar-refractivity contribution in [2.45, 2.75) is 18.1 Å². The molecule has 1 atom stereocenters. The Balaban J connectivity index is 2.31. The number of H-pyrrole nitrogens is 1. The lowest BCUT2D eigenvalue weighted by molar-refractivity contribution is -0.133. The van der Waals surface area contributed by atoms with Gasteiger partial charge in [0.2, 0.25) is 0 Å². The van der Waals surface area contributed by atoms with Gasteiger partial charge in [0.1, 0.15) is 0 Å². The summed E-state index contributed by atoms with van der Waals surface area (Å²) in [7, 11) is 0. The van der Waals surface area contributed by atoms with Crippen LogP contribution in [-0.2, 0) is 4.79 Å². The van der Waals surface area contributed by atoms with Crippen LogP contribution in [0.1, 0.15) is 18.7 Å². The van der Waals surface area contributed by atoms with E-state index in [1.54, 1.807) is 18.3 Å². The Labute approximate surface area is 112 Å². The lowest BCUT2D eigenvalue weighted by atomic mass is 10.2. The van der Waals surface area contributed by atoms with Crippen LogP contribution in [-0.4, -0.2) is 36.6 Å². The number of thioether (sulfide) groups is 1. The first kappa shape index (κ1) is 13.3. The number of carbonyl (C=O) groups is 1. The average molecular weight is 280 g/mol. The molecule has 0 fully saturated rings. The third-order valence-corrected chi connectivity index (χ3v) is 3.44. The number of aromatic nitrogens is 4. The van der Waals surface area contributed by atoms with Crippen molar-refractivity contribution in [3.63, 3.8) is 0 Å². The highest BCUT2D eigenvalue weighted by atomic mass is 32.2. The lowest BCUT2D eigenvalue weighted by Gasteiger charge is -2.13. The quantitative estimate of drug-likeness (QED) is 0.784. The van der Waals surface area contributed by atoms with Gasteiger partial charge in [-0.05, 0) is 19.1 Å². The summed E-state index contributed by atoms with van der Waals surface area (Å²) in [6.07, 6.45) is 1.64. The number of pyridine rings is 1. The van der Waals surface area contributed by atoms with Crippen LogP contribution in [0.3, 0.4) is 0 Å². The first-order valence-electron chi connectivity index (χ1n) is 5.52. The minimum atomic E-state index is -0.961. The molecule has 2 N–H and O–H groups in total. The molecular weight excluding hydrogens is 268 g/mol. The second kappa shape index (κ2) is 5.70. The summed E-state index contributed by atoms with van der Waals surface area (Å²) in [5, 5.41) is 15.2. The molecular formula is C11H12N4O3S. The van der Waals surface area contributed by atoms with Crippen molar-refractivity contribution < 1.29 is 9.90 Å². The zero-order valence-electron chi connectivity index (χ0n) is 10.1. The van der Waals surface area contributed by atoms with Crippen molar-refractivity contribution in [1.82, 2.24) is 19.7 Å². The Bertz CT molecular complexity index is 622. The summed E-state index contributed by atoms with van der Waals surface area (Å²) in [5.41, 5.74) is 0.328. The van der Waals surface area contributed by atoms with Gasteiger partial charge in [-0.1, -0.05) is 17.8 Å². The molecule has 2 heterocycles. The summed E-state index contributed by atoms with van der Waals surface area (Å²) < 4.78 is 1.40. The molecule has 8 heteroatoms. The minimum absolute atomic E-state index is 0.154. The second-order valence-corrected chi connectivity index (χ2v) is 4.74. The first-order chi connectivity index (χ1) is 9.09. The summed E-state index contributed by atoms with van der Waals surface area (Å²) in [6, 6.07) is 5.10. The SMILES string of the molecule is CC(c1ccccn1)n1c(SCC(=O)O)n[nH]c1=O. The van der Waals surface area contributed by atoms with Gasteiger partial charge in [-0.2, -0.15) is 0 Å². The van der Waals surface area contributed by atoms with E-state index in [4.69, 9.17) is 5.11 Å². The molecule has 0 saturated carbocycles. The van der Waals surface area contributed by atoms with Crippen LogP contribution in [0.5, 0.6) is 0 Å². The van der Waals surface area contributed by atoms with Gasteiger partial charge in [0.05, 0.1) is 17.5 Å². The molecule has 7 nitrogen and oxygen atoms in total. The molecule has 0 aromatic carbocycles. The van der Waals surface area contributed by atoms with Crippen LogP contribution in [0, 0.1) is 0 Å². The fraction of sp³-hybridized carbons (Fsp3) is 0.273. The number of carboxylic acid groups (broad SMARTS) is 1. The Hall–Kier alpha value is -2.09. The minimum Gasteiger partial charge on any atom is -0.481 e. The molecule has 0 aliphatic rings. The molecule has 1 unspecified atom stereocenters. The van der Waals surface area contributed by atoms with Crippen LogP contribution in [0.15, 0.2) is 34.3 Å². The molecule has 0 spiro atoms. The van der Waals surface area contributed by atoms with E-state index in [1.807, 2.05) is 13.0 Å². The summed E-state index contributed by atoms with van der Waals surface area (Å²) in [4.78, 5) is 26.5. The van der Waals surface area contributed by atoms with E-state index in [-0.39, 0.29) is 17.5 Å². The van der Waals surface area contributed by atoms with Crippen LogP contribution in [0.4, 0.5) is 0 Å². The monoisotopic (exact) mass is 280 g/mol. The Morgan fingerprint density at radius 1 is 1.58 bits per heavy atom. The van der Waals surface area contributed by atoms with E-state index < -0.39 is 5.97 Å². The van der Waals surface area contributed by atoms with Gasteiger partial charge in [-0.15, -0.1) is 5.10 Å². The van der Waals surface area contributed by atoms with Crippen molar-refractivity contribution in [2.24, 2.45) is 0 Å². The van der Waals surface area contributed by atoms with Gasteiger partial charge in [0.15, 0.2) is 5.16 Å². The maximum Gasteiger partial charge on any atom is 0.344 e. The highest BCUT2D eigenvalue weighted by Gasteiger charge is 2.18. The molecule has 2 aromatic heterocycles. The van der Waals surface area contributed by atoms with Gasteiger partial charge in [-0.3, -0.25) is 14.3 Å². The zero-order chi connectivity index (χ0) is 13.8. The Kier molecular flexibility index (Phi) is 4.00. The smallest absolute Gasteiger partial charge is 0.344 e. The van der Waals surface area contributed by atoms with E-state index in [2.05, 4.69) is 15.2 Å². The van der Waals surface area contributed by atoms with Crippen molar-refractivity contribution in [3.05, 3.63) is 40.6 Å². The third-order valence-electron chi connectivity index (χ3n) is 2.50. The number of rotatable bonds is 5. The van der Waals surface area contributed by atoms with Gasteiger partial charge in [0, 0.05) is 6.20 Å². The first-order valence-corrected chi connectivity index (χ1v) is 6.50. The second-order valence-electron chi connectivity index (χ2n) is 3.79. The number of carboxylic acids is 1. The molecule has 0 aliphatic carbocycles. The lowest BCUT2D eigenvalue weighted by Crippen LogP contribution is -2.22. The normalized spacial score (nSPS) is 12.3. The summed E-state index contributed by atoms with van der Waals surface area (Å²) >= 11 is 0.992. The molecule has 0 amide bonds. The van der Waals surface area contributed by atoms with E-state index in [1.165, 1.54) is 4.57 Å². The average Bonchev–Trinajstić information content (AvgIpc) is 2.78. The van der Waals surface area contributed by atoms with E-state index in [9.17, 15) is 9.59 Å². The highest BCUT2D eigenvalue weighted by Crippen LogP contribution is 2.20. The van der Waals surface area contributed by atoms with Crippen molar-refractivity contribution in [3.8, 4) is 0 Å². The molecule has 2 rings (SSSR count). The molecule has 0 aliphatic heterocycles. The number of aliphatic carboxylic acids is 1. The van der Waals surface area contributed by atoms with Crippen LogP contribution in [0.25, 0.3) is 0 Å². The molecule has 0 saturated heterocycles. The molecule has 19 heavy (non-hydrogen) atoms. The largest absolute Gasteiger partial charge is 0.481 e. The number of nitrogens with zero attached hydrogens (tertiary/aromatic N) is 3. The summed E-state index contributed by atoms with van der Waals surface area (Å²) in [5.74, 6) is -1.11. The van der Waals surface area contributed by atoms with Crippen molar-refractivity contribution >= 4 is 17.7 Å². The Morgan fingerprint density at radius 3 is 3.00 bits per heavy atom. The molecule has 0 bridgehead atoms. The maximum absolute atomic E-state index is 11.8. The zero-order valence-corrected chi connectivity index (χ0v) is 10.9.